The molecule has 0 aliphatic carbocycles. The van der Waals surface area contributed by atoms with E-state index in [2.05, 4.69) is 20.9 Å². The maximum Gasteiger partial charge on any atom is 0.433 e. The average Bonchev–Trinajstić information content (AvgIpc) is 2.40. The molecule has 2 nitrogen and oxygen atoms in total. The Morgan fingerprint density at radius 2 is 1.81 bits per heavy atom. The highest BCUT2D eigenvalue weighted by atomic mass is 79.9. The summed E-state index contributed by atoms with van der Waals surface area (Å²) >= 11 is 2.99. The van der Waals surface area contributed by atoms with Crippen molar-refractivity contribution in [3.8, 4) is 11.5 Å². The predicted molar refractivity (Wildman–Crippen MR) is 68.1 cm³/mol. The molecule has 0 saturated carbocycles. The zero-order chi connectivity index (χ0) is 15.8. The van der Waals surface area contributed by atoms with Crippen LogP contribution in [-0.2, 0) is 6.18 Å². The van der Waals surface area contributed by atoms with Crippen molar-refractivity contribution in [3.63, 3.8) is 0 Å². The van der Waals surface area contributed by atoms with Crippen molar-refractivity contribution in [2.24, 2.45) is 0 Å². The van der Waals surface area contributed by atoms with Crippen LogP contribution >= 0.6 is 15.9 Å². The Morgan fingerprint density at radius 1 is 1.14 bits per heavy atom. The lowest BCUT2D eigenvalue weighted by molar-refractivity contribution is -0.141. The van der Waals surface area contributed by atoms with Gasteiger partial charge in [0, 0.05) is 17.8 Å². The molecule has 8 heteroatoms. The number of benzene rings is 1. The maximum atomic E-state index is 13.4. The molecular formula is C13H7BrF5NO. The molecule has 0 N–H and O–H groups in total. The lowest BCUT2D eigenvalue weighted by atomic mass is 10.2. The van der Waals surface area contributed by atoms with Gasteiger partial charge in [-0.1, -0.05) is 0 Å². The summed E-state index contributed by atoms with van der Waals surface area (Å²) in [5.74, 6) is -2.47. The van der Waals surface area contributed by atoms with Gasteiger partial charge in [-0.3, -0.25) is 4.98 Å². The second kappa shape index (κ2) is 5.59. The van der Waals surface area contributed by atoms with E-state index in [9.17, 15) is 22.0 Å². The van der Waals surface area contributed by atoms with E-state index < -0.39 is 23.5 Å². The minimum Gasteiger partial charge on any atom is -0.456 e. The largest absolute Gasteiger partial charge is 0.456 e. The van der Waals surface area contributed by atoms with E-state index in [-0.39, 0.29) is 21.5 Å². The minimum absolute atomic E-state index is 0.0890. The first kappa shape index (κ1) is 15.7. The summed E-state index contributed by atoms with van der Waals surface area (Å²) < 4.78 is 69.5. The third-order valence-electron chi connectivity index (χ3n) is 2.62. The van der Waals surface area contributed by atoms with Gasteiger partial charge in [-0.2, -0.15) is 13.2 Å². The van der Waals surface area contributed by atoms with E-state index in [0.717, 1.165) is 18.3 Å². The normalized spacial score (nSPS) is 11.6. The smallest absolute Gasteiger partial charge is 0.433 e. The van der Waals surface area contributed by atoms with Crippen molar-refractivity contribution in [2.45, 2.75) is 13.1 Å². The number of hydrogen-bond acceptors (Lipinski definition) is 2. The van der Waals surface area contributed by atoms with Gasteiger partial charge in [0.05, 0.1) is 4.47 Å². The van der Waals surface area contributed by atoms with E-state index in [4.69, 9.17) is 4.74 Å². The number of alkyl halides is 3. The van der Waals surface area contributed by atoms with Crippen molar-refractivity contribution < 1.29 is 26.7 Å². The molecule has 21 heavy (non-hydrogen) atoms. The van der Waals surface area contributed by atoms with Crippen molar-refractivity contribution in [3.05, 3.63) is 51.8 Å². The molecule has 112 valence electrons. The van der Waals surface area contributed by atoms with Crippen LogP contribution in [0.3, 0.4) is 0 Å². The maximum absolute atomic E-state index is 13.4. The Labute approximate surface area is 124 Å². The van der Waals surface area contributed by atoms with E-state index in [1.807, 2.05) is 0 Å². The number of pyridine rings is 1. The van der Waals surface area contributed by atoms with Gasteiger partial charge in [-0.15, -0.1) is 0 Å². The molecule has 0 radical (unpaired) electrons. The van der Waals surface area contributed by atoms with Crippen LogP contribution in [0.4, 0.5) is 22.0 Å². The van der Waals surface area contributed by atoms with Crippen LogP contribution in [0.15, 0.2) is 28.9 Å². The Morgan fingerprint density at radius 3 is 2.43 bits per heavy atom. The molecule has 2 rings (SSSR count). The van der Waals surface area contributed by atoms with Crippen molar-refractivity contribution in [1.82, 2.24) is 4.98 Å². The zero-order valence-electron chi connectivity index (χ0n) is 10.4. The summed E-state index contributed by atoms with van der Waals surface area (Å²) in [6, 6.07) is 2.64. The molecule has 0 atom stereocenters. The van der Waals surface area contributed by atoms with Crippen LogP contribution in [-0.4, -0.2) is 4.98 Å². The molecule has 2 aromatic rings. The first-order chi connectivity index (χ1) is 9.70. The molecule has 0 spiro atoms. The van der Waals surface area contributed by atoms with Gasteiger partial charge in [-0.25, -0.2) is 8.78 Å². The number of rotatable bonds is 2. The molecule has 1 aromatic heterocycles. The fraction of sp³-hybridized carbons (Fsp3) is 0.154. The van der Waals surface area contributed by atoms with Gasteiger partial charge < -0.3 is 4.74 Å². The van der Waals surface area contributed by atoms with Crippen LogP contribution in [0.2, 0.25) is 0 Å². The summed E-state index contributed by atoms with van der Waals surface area (Å²) in [4.78, 5) is 3.22. The fourth-order valence-electron chi connectivity index (χ4n) is 1.52. The van der Waals surface area contributed by atoms with Crippen LogP contribution in [0.1, 0.15) is 11.3 Å². The monoisotopic (exact) mass is 367 g/mol. The van der Waals surface area contributed by atoms with Gasteiger partial charge in [0.2, 0.25) is 0 Å². The van der Waals surface area contributed by atoms with E-state index in [1.165, 1.54) is 6.92 Å². The lowest BCUT2D eigenvalue weighted by Crippen LogP contribution is -2.08. The number of ether oxygens (including phenoxy) is 1. The highest BCUT2D eigenvalue weighted by Gasteiger charge is 2.33. The Balaban J connectivity index is 2.42. The number of hydrogen-bond donors (Lipinski definition) is 0. The zero-order valence-corrected chi connectivity index (χ0v) is 12.0. The molecule has 0 unspecified atom stereocenters. The van der Waals surface area contributed by atoms with Crippen molar-refractivity contribution in [1.29, 1.82) is 0 Å². The standard InChI is InChI=1S/C13H7BrF5NO/c1-6-9(3-2-8(15)12(6)16)21-10-4-11(13(17,18)19)20-5-7(10)14/h2-5H,1H3. The van der Waals surface area contributed by atoms with Gasteiger partial charge in [0.1, 0.15) is 17.2 Å². The second-order valence-electron chi connectivity index (χ2n) is 4.08. The Bertz CT molecular complexity index is 687. The molecule has 0 aliphatic rings. The highest BCUT2D eigenvalue weighted by Crippen LogP contribution is 2.36. The Kier molecular flexibility index (Phi) is 4.18. The minimum atomic E-state index is -4.64. The van der Waals surface area contributed by atoms with E-state index >= 15 is 0 Å². The molecule has 0 saturated heterocycles. The highest BCUT2D eigenvalue weighted by molar-refractivity contribution is 9.10. The quantitative estimate of drug-likeness (QED) is 0.677. The topological polar surface area (TPSA) is 22.1 Å². The van der Waals surface area contributed by atoms with Crippen LogP contribution in [0.5, 0.6) is 11.5 Å². The van der Waals surface area contributed by atoms with Crippen LogP contribution in [0.25, 0.3) is 0 Å². The summed E-state index contributed by atoms with van der Waals surface area (Å²) in [6.45, 7) is 1.26. The molecule has 0 fully saturated rings. The van der Waals surface area contributed by atoms with Gasteiger partial charge in [-0.05, 0) is 35.0 Å². The summed E-state index contributed by atoms with van der Waals surface area (Å²) in [7, 11) is 0. The van der Waals surface area contributed by atoms with E-state index in [1.54, 1.807) is 0 Å². The molecule has 0 amide bonds. The lowest BCUT2D eigenvalue weighted by Gasteiger charge is -2.13. The molecule has 0 bridgehead atoms. The van der Waals surface area contributed by atoms with Crippen molar-refractivity contribution >= 4 is 15.9 Å². The van der Waals surface area contributed by atoms with Gasteiger partial charge in [0.25, 0.3) is 0 Å². The average molecular weight is 368 g/mol. The third kappa shape index (κ3) is 3.31. The molecule has 0 aliphatic heterocycles. The van der Waals surface area contributed by atoms with Crippen molar-refractivity contribution in [2.75, 3.05) is 0 Å². The number of aromatic nitrogens is 1. The summed E-state index contributed by atoms with van der Waals surface area (Å²) in [6.07, 6.45) is -3.71. The first-order valence-corrected chi connectivity index (χ1v) is 6.34. The van der Waals surface area contributed by atoms with Gasteiger partial charge >= 0.3 is 6.18 Å². The summed E-state index contributed by atoms with van der Waals surface area (Å²) in [5.41, 5.74) is -1.30. The Hall–Kier alpha value is -1.70. The molecular weight excluding hydrogens is 361 g/mol. The predicted octanol–water partition coefficient (Wildman–Crippen LogP) is 5.24. The van der Waals surface area contributed by atoms with Gasteiger partial charge in [0.15, 0.2) is 11.6 Å². The van der Waals surface area contributed by atoms with E-state index in [0.29, 0.717) is 6.07 Å². The second-order valence-corrected chi connectivity index (χ2v) is 4.94. The fourth-order valence-corrected chi connectivity index (χ4v) is 1.81. The number of nitrogens with zero attached hydrogens (tertiary/aromatic N) is 1. The first-order valence-electron chi connectivity index (χ1n) is 5.55. The van der Waals surface area contributed by atoms with Crippen LogP contribution < -0.4 is 4.74 Å². The molecule has 1 heterocycles. The van der Waals surface area contributed by atoms with Crippen LogP contribution in [0, 0.1) is 18.6 Å². The molecule has 1 aromatic carbocycles. The number of halogens is 6. The SMILES string of the molecule is Cc1c(Oc2cc(C(F)(F)F)ncc2Br)ccc(F)c1F. The third-order valence-corrected chi connectivity index (χ3v) is 3.22. The summed E-state index contributed by atoms with van der Waals surface area (Å²) in [5, 5.41) is 0.